The SMILES string of the molecule is C=CC(=O)OC12C(=O)OC3C(C)C(CC31)C2C#N. The zero-order valence-electron chi connectivity index (χ0n) is 9.96. The van der Waals surface area contributed by atoms with E-state index in [0.717, 1.165) is 6.08 Å². The molecule has 0 aromatic heterocycles. The lowest BCUT2D eigenvalue weighted by molar-refractivity contribution is -0.174. The van der Waals surface area contributed by atoms with Gasteiger partial charge < -0.3 is 9.47 Å². The molecule has 6 atom stereocenters. The summed E-state index contributed by atoms with van der Waals surface area (Å²) in [5, 5.41) is 9.32. The van der Waals surface area contributed by atoms with Crippen molar-refractivity contribution in [2.75, 3.05) is 0 Å². The Labute approximate surface area is 104 Å². The Morgan fingerprint density at radius 1 is 1.72 bits per heavy atom. The molecule has 0 radical (unpaired) electrons. The Hall–Kier alpha value is -1.83. The molecule has 2 bridgehead atoms. The normalized spacial score (nSPS) is 47.6. The maximum absolute atomic E-state index is 12.1. The highest BCUT2D eigenvalue weighted by Crippen LogP contribution is 2.63. The standard InChI is InChI=1S/C13H13NO4/c1-3-10(15)18-13-8-4-7(9(13)5-14)6(2)11(8)17-12(13)16/h3,6-9,11H,1,4H2,2H3. The summed E-state index contributed by atoms with van der Waals surface area (Å²) in [5.74, 6) is -1.80. The van der Waals surface area contributed by atoms with Crippen LogP contribution in [0.2, 0.25) is 0 Å². The van der Waals surface area contributed by atoms with Gasteiger partial charge in [0, 0.05) is 12.0 Å². The first-order chi connectivity index (χ1) is 8.56. The van der Waals surface area contributed by atoms with Gasteiger partial charge >= 0.3 is 11.9 Å². The minimum atomic E-state index is -1.39. The lowest BCUT2D eigenvalue weighted by Gasteiger charge is -2.33. The fourth-order valence-corrected chi connectivity index (χ4v) is 3.92. The number of nitrogens with zero attached hydrogens (tertiary/aromatic N) is 1. The van der Waals surface area contributed by atoms with Crippen molar-refractivity contribution in [1.82, 2.24) is 0 Å². The van der Waals surface area contributed by atoms with Crippen molar-refractivity contribution >= 4 is 11.9 Å². The predicted molar refractivity (Wildman–Crippen MR) is 58.8 cm³/mol. The van der Waals surface area contributed by atoms with Gasteiger partial charge in [-0.1, -0.05) is 13.5 Å². The van der Waals surface area contributed by atoms with Crippen molar-refractivity contribution in [1.29, 1.82) is 5.26 Å². The Bertz CT molecular complexity index is 494. The lowest BCUT2D eigenvalue weighted by atomic mass is 9.72. The molecule has 0 N–H and O–H groups in total. The van der Waals surface area contributed by atoms with Crippen molar-refractivity contribution in [2.24, 2.45) is 23.7 Å². The number of esters is 2. The maximum atomic E-state index is 12.1. The second-order valence-corrected chi connectivity index (χ2v) is 5.26. The average molecular weight is 247 g/mol. The van der Waals surface area contributed by atoms with E-state index < -0.39 is 23.5 Å². The number of ether oxygens (including phenoxy) is 2. The van der Waals surface area contributed by atoms with E-state index in [0.29, 0.717) is 6.42 Å². The molecule has 0 aromatic rings. The highest BCUT2D eigenvalue weighted by atomic mass is 16.6. The van der Waals surface area contributed by atoms with Gasteiger partial charge in [0.05, 0.1) is 6.07 Å². The smallest absolute Gasteiger partial charge is 0.352 e. The van der Waals surface area contributed by atoms with Gasteiger partial charge in [-0.15, -0.1) is 0 Å². The molecule has 5 heteroatoms. The van der Waals surface area contributed by atoms with Crippen LogP contribution in [0.25, 0.3) is 0 Å². The number of fused-ring (bicyclic) bond motifs is 1. The summed E-state index contributed by atoms with van der Waals surface area (Å²) in [6.07, 6.45) is 1.50. The van der Waals surface area contributed by atoms with E-state index in [1.165, 1.54) is 0 Å². The van der Waals surface area contributed by atoms with Crippen LogP contribution in [0.15, 0.2) is 12.7 Å². The van der Waals surface area contributed by atoms with E-state index in [1.807, 2.05) is 6.92 Å². The Kier molecular flexibility index (Phi) is 2.10. The predicted octanol–water partition coefficient (Wildman–Crippen LogP) is 0.805. The van der Waals surface area contributed by atoms with Gasteiger partial charge in [-0.05, 0) is 18.3 Å². The minimum Gasteiger partial charge on any atom is -0.459 e. The number of hydrogen-bond acceptors (Lipinski definition) is 5. The van der Waals surface area contributed by atoms with E-state index in [9.17, 15) is 14.9 Å². The van der Waals surface area contributed by atoms with Crippen LogP contribution < -0.4 is 0 Å². The summed E-state index contributed by atoms with van der Waals surface area (Å²) in [6, 6.07) is 2.14. The molecule has 94 valence electrons. The molecule has 6 unspecified atom stereocenters. The van der Waals surface area contributed by atoms with Crippen molar-refractivity contribution in [3.05, 3.63) is 12.7 Å². The molecule has 1 heterocycles. The monoisotopic (exact) mass is 247 g/mol. The van der Waals surface area contributed by atoms with Crippen LogP contribution in [0.5, 0.6) is 0 Å². The topological polar surface area (TPSA) is 76.4 Å². The number of hydrogen-bond donors (Lipinski definition) is 0. The second kappa shape index (κ2) is 3.35. The molecule has 5 nitrogen and oxygen atoms in total. The molecule has 3 aliphatic rings. The summed E-state index contributed by atoms with van der Waals surface area (Å²) in [4.78, 5) is 23.6. The molecule has 1 aliphatic heterocycles. The third-order valence-electron chi connectivity index (χ3n) is 4.69. The lowest BCUT2D eigenvalue weighted by Crippen LogP contribution is -2.51. The molecule has 0 spiro atoms. The highest BCUT2D eigenvalue weighted by molar-refractivity contribution is 5.90. The maximum Gasteiger partial charge on any atom is 0.352 e. The van der Waals surface area contributed by atoms with Crippen LogP contribution >= 0.6 is 0 Å². The molecule has 0 amide bonds. The van der Waals surface area contributed by atoms with E-state index in [4.69, 9.17) is 9.47 Å². The summed E-state index contributed by atoms with van der Waals surface area (Å²) in [7, 11) is 0. The largest absolute Gasteiger partial charge is 0.459 e. The quantitative estimate of drug-likeness (QED) is 0.533. The van der Waals surface area contributed by atoms with Crippen molar-refractivity contribution in [2.45, 2.75) is 25.0 Å². The summed E-state index contributed by atoms with van der Waals surface area (Å²) < 4.78 is 10.6. The number of rotatable bonds is 2. The van der Waals surface area contributed by atoms with Gasteiger partial charge in [0.1, 0.15) is 12.0 Å². The van der Waals surface area contributed by atoms with Gasteiger partial charge in [-0.2, -0.15) is 5.26 Å². The number of carbonyl (C=O) groups excluding carboxylic acids is 2. The van der Waals surface area contributed by atoms with Crippen molar-refractivity contribution in [3.8, 4) is 6.07 Å². The second-order valence-electron chi connectivity index (χ2n) is 5.26. The van der Waals surface area contributed by atoms with Gasteiger partial charge in [-0.25, -0.2) is 9.59 Å². The van der Waals surface area contributed by atoms with Crippen molar-refractivity contribution in [3.63, 3.8) is 0 Å². The van der Waals surface area contributed by atoms with Crippen LogP contribution in [0.4, 0.5) is 0 Å². The highest BCUT2D eigenvalue weighted by Gasteiger charge is 2.77. The average Bonchev–Trinajstić information content (AvgIpc) is 2.90. The van der Waals surface area contributed by atoms with Crippen LogP contribution in [0.3, 0.4) is 0 Å². The van der Waals surface area contributed by atoms with Crippen molar-refractivity contribution < 1.29 is 19.1 Å². The van der Waals surface area contributed by atoms with E-state index in [-0.39, 0.29) is 23.9 Å². The fourth-order valence-electron chi connectivity index (χ4n) is 3.92. The Morgan fingerprint density at radius 3 is 3.06 bits per heavy atom. The number of carbonyl (C=O) groups is 2. The molecule has 2 saturated carbocycles. The van der Waals surface area contributed by atoms with Crippen LogP contribution in [-0.4, -0.2) is 23.6 Å². The van der Waals surface area contributed by atoms with E-state index in [1.54, 1.807) is 0 Å². The van der Waals surface area contributed by atoms with Crippen LogP contribution in [0, 0.1) is 35.0 Å². The minimum absolute atomic E-state index is 0.0639. The third-order valence-corrected chi connectivity index (χ3v) is 4.69. The van der Waals surface area contributed by atoms with Gasteiger partial charge in [0.15, 0.2) is 0 Å². The van der Waals surface area contributed by atoms with Gasteiger partial charge in [0.25, 0.3) is 0 Å². The molecule has 3 fully saturated rings. The fraction of sp³-hybridized carbons (Fsp3) is 0.615. The summed E-state index contributed by atoms with van der Waals surface area (Å²) in [6.45, 7) is 5.31. The zero-order valence-corrected chi connectivity index (χ0v) is 9.96. The first-order valence-corrected chi connectivity index (χ1v) is 6.02. The molecule has 18 heavy (non-hydrogen) atoms. The van der Waals surface area contributed by atoms with Gasteiger partial charge in [0.2, 0.25) is 5.60 Å². The first-order valence-electron chi connectivity index (χ1n) is 6.02. The van der Waals surface area contributed by atoms with Crippen LogP contribution in [0.1, 0.15) is 13.3 Å². The third kappa shape index (κ3) is 1.02. The molecular formula is C13H13NO4. The molecule has 2 aliphatic carbocycles. The van der Waals surface area contributed by atoms with Crippen LogP contribution in [-0.2, 0) is 19.1 Å². The molecule has 3 rings (SSSR count). The Morgan fingerprint density at radius 2 is 2.44 bits per heavy atom. The van der Waals surface area contributed by atoms with Gasteiger partial charge in [-0.3, -0.25) is 0 Å². The van der Waals surface area contributed by atoms with E-state index >= 15 is 0 Å². The molecule has 1 saturated heterocycles. The zero-order chi connectivity index (χ0) is 13.1. The summed E-state index contributed by atoms with van der Waals surface area (Å²) >= 11 is 0. The number of nitriles is 1. The molecular weight excluding hydrogens is 234 g/mol. The summed E-state index contributed by atoms with van der Waals surface area (Å²) in [5.41, 5.74) is -1.39. The Balaban J connectivity index is 2.07. The first kappa shape index (κ1) is 11.3. The van der Waals surface area contributed by atoms with E-state index in [2.05, 4.69) is 12.6 Å². The molecule has 0 aromatic carbocycles.